The largest absolute Gasteiger partial charge is 0.465 e. The molecule has 5 rings (SSSR count). The molecule has 0 aromatic carbocycles. The summed E-state index contributed by atoms with van der Waals surface area (Å²) in [5, 5.41) is 10.1. The van der Waals surface area contributed by atoms with Crippen molar-refractivity contribution in [3.05, 3.63) is 11.6 Å². The second-order valence-corrected chi connectivity index (χ2v) is 11.5. The molecule has 0 radical (unpaired) electrons. The molecule has 0 bridgehead atoms. The van der Waals surface area contributed by atoms with Crippen LogP contribution in [0.3, 0.4) is 0 Å². The number of epoxide rings is 2. The lowest BCUT2D eigenvalue weighted by Crippen LogP contribution is -2.58. The summed E-state index contributed by atoms with van der Waals surface area (Å²) in [6, 6.07) is -0.0394. The summed E-state index contributed by atoms with van der Waals surface area (Å²) in [5.41, 5.74) is 0.820. The number of hydrogen-bond acceptors (Lipinski definition) is 6. The van der Waals surface area contributed by atoms with E-state index in [0.717, 1.165) is 65.1 Å². The van der Waals surface area contributed by atoms with Gasteiger partial charge in [-0.15, -0.1) is 0 Å². The number of ether oxygens (including phenoxy) is 4. The van der Waals surface area contributed by atoms with Crippen molar-refractivity contribution in [2.45, 2.75) is 75.9 Å². The number of rotatable bonds is 7. The minimum absolute atomic E-state index is 0.0394. The molecule has 4 aliphatic heterocycles. The molecule has 1 N–H and O–H groups in total. The quantitative estimate of drug-likeness (QED) is 0.445. The van der Waals surface area contributed by atoms with Gasteiger partial charge in [-0.25, -0.2) is 4.79 Å². The van der Waals surface area contributed by atoms with Gasteiger partial charge < -0.3 is 29.0 Å². The molecule has 8 nitrogen and oxygen atoms in total. The van der Waals surface area contributed by atoms with E-state index in [-0.39, 0.29) is 41.3 Å². The molecule has 5 fully saturated rings. The summed E-state index contributed by atoms with van der Waals surface area (Å²) in [6.45, 7) is 12.1. The summed E-state index contributed by atoms with van der Waals surface area (Å²) >= 11 is 0. The third-order valence-corrected chi connectivity index (χ3v) is 9.21. The molecule has 192 valence electrons. The van der Waals surface area contributed by atoms with Crippen LogP contribution in [-0.4, -0.2) is 104 Å². The third kappa shape index (κ3) is 4.41. The first kappa shape index (κ1) is 24.5. The van der Waals surface area contributed by atoms with E-state index in [1.54, 1.807) is 12.0 Å². The van der Waals surface area contributed by atoms with Gasteiger partial charge in [-0.2, -0.15) is 0 Å². The zero-order chi connectivity index (χ0) is 24.1. The molecule has 1 amide bonds. The molecular weight excluding hydrogens is 436 g/mol. The standard InChI is InChI=1S/C26H42N2O6/c1-17(2)5-6-20-25(3,34-20)23-22(31-4)19(7-9-26(23)16-33-26)21-18(8-10-28(21)24(29)30)15-27-11-13-32-14-12-27/h5,18-23H,6-16H2,1-4H3,(H,29,30)/t18-,19-,20-,21+,22+,23-,25+,26?/m1/s1. The van der Waals surface area contributed by atoms with E-state index in [9.17, 15) is 9.90 Å². The minimum atomic E-state index is -0.806. The number of hydrogen-bond donors (Lipinski definition) is 1. The van der Waals surface area contributed by atoms with Crippen molar-refractivity contribution in [1.82, 2.24) is 9.80 Å². The first-order valence-corrected chi connectivity index (χ1v) is 13.1. The number of likely N-dealkylation sites (tertiary alicyclic amines) is 1. The van der Waals surface area contributed by atoms with Gasteiger partial charge in [-0.1, -0.05) is 11.6 Å². The van der Waals surface area contributed by atoms with E-state index in [1.807, 2.05) is 0 Å². The molecule has 5 aliphatic rings. The van der Waals surface area contributed by atoms with Crippen LogP contribution in [0.2, 0.25) is 0 Å². The molecule has 4 saturated heterocycles. The third-order valence-electron chi connectivity index (χ3n) is 9.21. The van der Waals surface area contributed by atoms with Crippen molar-refractivity contribution in [3.8, 4) is 0 Å². The lowest BCUT2D eigenvalue weighted by atomic mass is 9.62. The van der Waals surface area contributed by atoms with Crippen LogP contribution in [0.25, 0.3) is 0 Å². The first-order valence-electron chi connectivity index (χ1n) is 13.1. The SMILES string of the molecule is CO[C@H]1[C@@H]([C@@H]2[C@@H](CN3CCOCC3)CCN2C(=O)O)CCC2(CO2)[C@H]1[C@@]1(C)O[C@@H]1CC=C(C)C. The molecule has 4 heterocycles. The molecule has 1 aliphatic carbocycles. The zero-order valence-electron chi connectivity index (χ0n) is 21.2. The second kappa shape index (κ2) is 9.36. The summed E-state index contributed by atoms with van der Waals surface area (Å²) in [7, 11) is 1.79. The van der Waals surface area contributed by atoms with Crippen molar-refractivity contribution >= 4 is 6.09 Å². The molecule has 0 aromatic rings. The average Bonchev–Trinajstić information content (AvgIpc) is 3.68. The van der Waals surface area contributed by atoms with Gasteiger partial charge in [0.25, 0.3) is 0 Å². The fourth-order valence-corrected chi connectivity index (χ4v) is 7.39. The molecular formula is C26H42N2O6. The molecule has 8 atom stereocenters. The zero-order valence-corrected chi connectivity index (χ0v) is 21.2. The van der Waals surface area contributed by atoms with Crippen LogP contribution in [0, 0.1) is 17.8 Å². The van der Waals surface area contributed by atoms with E-state index in [1.165, 1.54) is 5.57 Å². The van der Waals surface area contributed by atoms with Gasteiger partial charge in [0.05, 0.1) is 37.6 Å². The van der Waals surface area contributed by atoms with E-state index >= 15 is 0 Å². The average molecular weight is 479 g/mol. The van der Waals surface area contributed by atoms with Crippen LogP contribution in [0.1, 0.15) is 46.5 Å². The molecule has 1 spiro atoms. The smallest absolute Gasteiger partial charge is 0.407 e. The number of carboxylic acid groups (broad SMARTS) is 1. The van der Waals surface area contributed by atoms with Gasteiger partial charge in [0, 0.05) is 51.2 Å². The minimum Gasteiger partial charge on any atom is -0.465 e. The summed E-state index contributed by atoms with van der Waals surface area (Å²) < 4.78 is 24.3. The van der Waals surface area contributed by atoms with Gasteiger partial charge in [-0.3, -0.25) is 4.90 Å². The topological polar surface area (TPSA) is 87.3 Å². The Labute approximate surface area is 203 Å². The predicted molar refractivity (Wildman–Crippen MR) is 127 cm³/mol. The van der Waals surface area contributed by atoms with Gasteiger partial charge in [0.2, 0.25) is 0 Å². The number of carbonyl (C=O) groups is 1. The maximum absolute atomic E-state index is 12.3. The Bertz CT molecular complexity index is 790. The van der Waals surface area contributed by atoms with Crippen LogP contribution in [0.15, 0.2) is 11.6 Å². The summed E-state index contributed by atoms with van der Waals surface area (Å²) in [4.78, 5) is 16.5. The van der Waals surface area contributed by atoms with Crippen LogP contribution in [0.5, 0.6) is 0 Å². The Morgan fingerprint density at radius 3 is 2.56 bits per heavy atom. The van der Waals surface area contributed by atoms with Gasteiger partial charge in [0.15, 0.2) is 0 Å². The lowest BCUT2D eigenvalue weighted by Gasteiger charge is -2.48. The molecule has 1 unspecified atom stereocenters. The highest BCUT2D eigenvalue weighted by molar-refractivity contribution is 5.66. The molecule has 8 heteroatoms. The van der Waals surface area contributed by atoms with E-state index < -0.39 is 6.09 Å². The Balaban J connectivity index is 1.40. The Morgan fingerprint density at radius 1 is 1.21 bits per heavy atom. The molecule has 0 aromatic heterocycles. The summed E-state index contributed by atoms with van der Waals surface area (Å²) in [5.74, 6) is 0.556. The monoisotopic (exact) mass is 478 g/mol. The van der Waals surface area contributed by atoms with E-state index in [0.29, 0.717) is 12.5 Å². The van der Waals surface area contributed by atoms with Crippen molar-refractivity contribution < 1.29 is 28.8 Å². The molecule has 34 heavy (non-hydrogen) atoms. The van der Waals surface area contributed by atoms with Gasteiger partial charge >= 0.3 is 6.09 Å². The fraction of sp³-hybridized carbons (Fsp3) is 0.885. The van der Waals surface area contributed by atoms with Crippen molar-refractivity contribution in [2.75, 3.05) is 53.1 Å². The highest BCUT2D eigenvalue weighted by Crippen LogP contribution is 2.61. The van der Waals surface area contributed by atoms with Crippen molar-refractivity contribution in [2.24, 2.45) is 17.8 Å². The highest BCUT2D eigenvalue weighted by Gasteiger charge is 2.72. The highest BCUT2D eigenvalue weighted by atomic mass is 16.6. The lowest BCUT2D eigenvalue weighted by molar-refractivity contribution is -0.103. The summed E-state index contributed by atoms with van der Waals surface area (Å²) in [6.07, 6.45) is 5.20. The number of amides is 1. The van der Waals surface area contributed by atoms with Crippen LogP contribution in [0.4, 0.5) is 4.79 Å². The maximum Gasteiger partial charge on any atom is 0.407 e. The number of allylic oxidation sites excluding steroid dienone is 1. The molecule has 1 saturated carbocycles. The van der Waals surface area contributed by atoms with Crippen molar-refractivity contribution in [3.63, 3.8) is 0 Å². The van der Waals surface area contributed by atoms with Crippen molar-refractivity contribution in [1.29, 1.82) is 0 Å². The van der Waals surface area contributed by atoms with Crippen LogP contribution < -0.4 is 0 Å². The Morgan fingerprint density at radius 2 is 1.94 bits per heavy atom. The second-order valence-electron chi connectivity index (χ2n) is 11.5. The van der Waals surface area contributed by atoms with Crippen LogP contribution >= 0.6 is 0 Å². The van der Waals surface area contributed by atoms with Gasteiger partial charge in [0.1, 0.15) is 5.60 Å². The first-order chi connectivity index (χ1) is 16.3. The fourth-order valence-electron chi connectivity index (χ4n) is 7.39. The predicted octanol–water partition coefficient (Wildman–Crippen LogP) is 3.01. The van der Waals surface area contributed by atoms with Gasteiger partial charge in [-0.05, 0) is 52.4 Å². The Hall–Kier alpha value is -1.19. The Kier molecular flexibility index (Phi) is 6.74. The van der Waals surface area contributed by atoms with Crippen LogP contribution in [-0.2, 0) is 18.9 Å². The number of methoxy groups -OCH3 is 1. The normalized spacial score (nSPS) is 44.3. The van der Waals surface area contributed by atoms with E-state index in [2.05, 4.69) is 31.7 Å². The van der Waals surface area contributed by atoms with E-state index in [4.69, 9.17) is 18.9 Å². The maximum atomic E-state index is 12.3. The number of morpholine rings is 1. The number of nitrogens with zero attached hydrogens (tertiary/aromatic N) is 2.